The van der Waals surface area contributed by atoms with Crippen LogP contribution < -0.4 is 0 Å². The van der Waals surface area contributed by atoms with E-state index in [0.29, 0.717) is 6.04 Å². The number of aromatic nitrogens is 2. The highest BCUT2D eigenvalue weighted by Crippen LogP contribution is 2.36. The Morgan fingerprint density at radius 2 is 2.33 bits per heavy atom. The monoisotopic (exact) mass is 205 g/mol. The molecule has 2 aliphatic rings. The fourth-order valence-electron chi connectivity index (χ4n) is 2.59. The highest BCUT2D eigenvalue weighted by Gasteiger charge is 2.32. The van der Waals surface area contributed by atoms with E-state index in [1.54, 1.807) is 0 Å². The third-order valence-corrected chi connectivity index (χ3v) is 3.59. The largest absolute Gasteiger partial charge is 0.345 e. The van der Waals surface area contributed by atoms with Gasteiger partial charge in [0.1, 0.15) is 5.82 Å². The molecule has 0 radical (unpaired) electrons. The fourth-order valence-corrected chi connectivity index (χ4v) is 2.59. The van der Waals surface area contributed by atoms with E-state index in [0.717, 1.165) is 5.92 Å². The van der Waals surface area contributed by atoms with Crippen LogP contribution in [0.3, 0.4) is 0 Å². The molecule has 0 spiro atoms. The van der Waals surface area contributed by atoms with E-state index in [-0.39, 0.29) is 0 Å². The van der Waals surface area contributed by atoms with Crippen molar-refractivity contribution >= 4 is 0 Å². The molecule has 1 aliphatic heterocycles. The number of likely N-dealkylation sites (tertiary alicyclic amines) is 1. The average Bonchev–Trinajstić information content (AvgIpc) is 2.73. The van der Waals surface area contributed by atoms with Crippen LogP contribution in [0.4, 0.5) is 0 Å². The number of nitrogens with zero attached hydrogens (tertiary/aromatic N) is 2. The summed E-state index contributed by atoms with van der Waals surface area (Å²) in [5, 5.41) is 0. The Bertz CT molecular complexity index is 340. The molecule has 2 fully saturated rings. The first kappa shape index (κ1) is 9.40. The molecule has 1 saturated heterocycles. The lowest BCUT2D eigenvalue weighted by Crippen LogP contribution is -2.26. The van der Waals surface area contributed by atoms with Crippen molar-refractivity contribution in [3.8, 4) is 0 Å². The summed E-state index contributed by atoms with van der Waals surface area (Å²) in [4.78, 5) is 10.5. The highest BCUT2D eigenvalue weighted by atomic mass is 15.2. The minimum atomic E-state index is 0.569. The maximum atomic E-state index is 4.48. The number of aromatic amines is 1. The minimum Gasteiger partial charge on any atom is -0.345 e. The zero-order chi connectivity index (χ0) is 10.3. The summed E-state index contributed by atoms with van der Waals surface area (Å²) in [6, 6.07) is 0.569. The van der Waals surface area contributed by atoms with Gasteiger partial charge < -0.3 is 4.98 Å². The van der Waals surface area contributed by atoms with Crippen molar-refractivity contribution in [1.29, 1.82) is 0 Å². The first-order valence-electron chi connectivity index (χ1n) is 6.08. The second-order valence-corrected chi connectivity index (χ2v) is 5.05. The second-order valence-electron chi connectivity index (χ2n) is 5.05. The molecule has 1 aromatic heterocycles. The van der Waals surface area contributed by atoms with Gasteiger partial charge in [0.15, 0.2) is 0 Å². The smallest absolute Gasteiger partial charge is 0.123 e. The van der Waals surface area contributed by atoms with Crippen LogP contribution in [0.2, 0.25) is 0 Å². The SMILES string of the molecule is Cc1cnc([C@H]2CCCN2CC2CC2)[nH]1. The Labute approximate surface area is 90.9 Å². The van der Waals surface area contributed by atoms with E-state index in [1.807, 2.05) is 6.20 Å². The molecule has 15 heavy (non-hydrogen) atoms. The number of H-pyrrole nitrogens is 1. The molecular formula is C12H19N3. The molecule has 0 unspecified atom stereocenters. The van der Waals surface area contributed by atoms with Gasteiger partial charge in [0, 0.05) is 18.4 Å². The zero-order valence-corrected chi connectivity index (χ0v) is 9.37. The zero-order valence-electron chi connectivity index (χ0n) is 9.37. The lowest BCUT2D eigenvalue weighted by atomic mass is 10.2. The topological polar surface area (TPSA) is 31.9 Å². The van der Waals surface area contributed by atoms with Gasteiger partial charge in [-0.15, -0.1) is 0 Å². The van der Waals surface area contributed by atoms with Gasteiger partial charge in [-0.2, -0.15) is 0 Å². The maximum Gasteiger partial charge on any atom is 0.123 e. The van der Waals surface area contributed by atoms with E-state index >= 15 is 0 Å². The van der Waals surface area contributed by atoms with Crippen molar-refractivity contribution in [3.05, 3.63) is 17.7 Å². The average molecular weight is 205 g/mol. The van der Waals surface area contributed by atoms with Gasteiger partial charge in [0.2, 0.25) is 0 Å². The second kappa shape index (κ2) is 3.63. The van der Waals surface area contributed by atoms with E-state index in [4.69, 9.17) is 0 Å². The molecule has 2 heterocycles. The molecule has 3 nitrogen and oxygen atoms in total. The third kappa shape index (κ3) is 1.93. The predicted octanol–water partition coefficient (Wildman–Crippen LogP) is 2.27. The lowest BCUT2D eigenvalue weighted by Gasteiger charge is -2.22. The summed E-state index contributed by atoms with van der Waals surface area (Å²) >= 11 is 0. The summed E-state index contributed by atoms with van der Waals surface area (Å²) in [6.45, 7) is 4.64. The number of rotatable bonds is 3. The van der Waals surface area contributed by atoms with E-state index < -0.39 is 0 Å². The van der Waals surface area contributed by atoms with Gasteiger partial charge in [0.05, 0.1) is 6.04 Å². The minimum absolute atomic E-state index is 0.569. The van der Waals surface area contributed by atoms with Crippen LogP contribution in [0.5, 0.6) is 0 Å². The summed E-state index contributed by atoms with van der Waals surface area (Å²) in [5.41, 5.74) is 1.18. The van der Waals surface area contributed by atoms with Crippen LogP contribution in [0.15, 0.2) is 6.20 Å². The molecule has 0 aromatic carbocycles. The maximum absolute atomic E-state index is 4.48. The Kier molecular flexibility index (Phi) is 2.28. The summed E-state index contributed by atoms with van der Waals surface area (Å²) in [7, 11) is 0. The summed E-state index contributed by atoms with van der Waals surface area (Å²) in [6.07, 6.45) is 7.45. The van der Waals surface area contributed by atoms with E-state index in [2.05, 4.69) is 21.8 Å². The van der Waals surface area contributed by atoms with Gasteiger partial charge in [0.25, 0.3) is 0 Å². The van der Waals surface area contributed by atoms with Crippen LogP contribution in [0.1, 0.15) is 43.2 Å². The Hall–Kier alpha value is -0.830. The van der Waals surface area contributed by atoms with Crippen molar-refractivity contribution in [2.75, 3.05) is 13.1 Å². The molecule has 1 atom stereocenters. The number of aryl methyl sites for hydroxylation is 1. The standard InChI is InChI=1S/C12H19N3/c1-9-7-13-12(14-9)11-3-2-6-15(11)8-10-4-5-10/h7,10-11H,2-6,8H2,1H3,(H,13,14)/t11-/m1/s1. The van der Waals surface area contributed by atoms with E-state index in [9.17, 15) is 0 Å². The Balaban J connectivity index is 1.72. The first-order valence-corrected chi connectivity index (χ1v) is 6.08. The Morgan fingerprint density at radius 3 is 3.00 bits per heavy atom. The first-order chi connectivity index (χ1) is 7.33. The number of hydrogen-bond donors (Lipinski definition) is 1. The van der Waals surface area contributed by atoms with Crippen molar-refractivity contribution in [2.24, 2.45) is 5.92 Å². The number of nitrogens with one attached hydrogen (secondary N) is 1. The normalized spacial score (nSPS) is 27.4. The van der Waals surface area contributed by atoms with Gasteiger partial charge in [-0.1, -0.05) is 0 Å². The fraction of sp³-hybridized carbons (Fsp3) is 0.750. The summed E-state index contributed by atoms with van der Waals surface area (Å²) in [5.74, 6) is 2.17. The van der Waals surface area contributed by atoms with Gasteiger partial charge >= 0.3 is 0 Å². The highest BCUT2D eigenvalue weighted by molar-refractivity contribution is 5.05. The van der Waals surface area contributed by atoms with Crippen molar-refractivity contribution in [2.45, 2.75) is 38.6 Å². The molecule has 1 saturated carbocycles. The van der Waals surface area contributed by atoms with Crippen LogP contribution in [-0.2, 0) is 0 Å². The quantitative estimate of drug-likeness (QED) is 0.821. The van der Waals surface area contributed by atoms with Crippen molar-refractivity contribution in [3.63, 3.8) is 0 Å². The predicted molar refractivity (Wildman–Crippen MR) is 59.6 cm³/mol. The molecule has 3 heteroatoms. The third-order valence-electron chi connectivity index (χ3n) is 3.59. The van der Waals surface area contributed by atoms with Crippen molar-refractivity contribution < 1.29 is 0 Å². The van der Waals surface area contributed by atoms with E-state index in [1.165, 1.54) is 50.3 Å². The Morgan fingerprint density at radius 1 is 1.47 bits per heavy atom. The van der Waals surface area contributed by atoms with Crippen molar-refractivity contribution in [1.82, 2.24) is 14.9 Å². The van der Waals surface area contributed by atoms with Crippen LogP contribution in [0, 0.1) is 12.8 Å². The molecule has 1 aromatic rings. The summed E-state index contributed by atoms with van der Waals surface area (Å²) < 4.78 is 0. The molecule has 0 bridgehead atoms. The number of imidazole rings is 1. The molecule has 82 valence electrons. The number of hydrogen-bond acceptors (Lipinski definition) is 2. The molecule has 3 rings (SSSR count). The van der Waals surface area contributed by atoms with Crippen LogP contribution >= 0.6 is 0 Å². The van der Waals surface area contributed by atoms with Crippen LogP contribution in [0.25, 0.3) is 0 Å². The van der Waals surface area contributed by atoms with Gasteiger partial charge in [-0.3, -0.25) is 4.90 Å². The molecule has 1 aliphatic carbocycles. The van der Waals surface area contributed by atoms with Gasteiger partial charge in [-0.05, 0) is 45.1 Å². The molecule has 1 N–H and O–H groups in total. The van der Waals surface area contributed by atoms with Gasteiger partial charge in [-0.25, -0.2) is 4.98 Å². The lowest BCUT2D eigenvalue weighted by molar-refractivity contribution is 0.239. The molecular weight excluding hydrogens is 186 g/mol. The molecule has 0 amide bonds. The van der Waals surface area contributed by atoms with Crippen LogP contribution in [-0.4, -0.2) is 28.0 Å².